The number of hydrogen-bond donors (Lipinski definition) is 1. The Morgan fingerprint density at radius 2 is 2.11 bits per heavy atom. The molecule has 1 aromatic carbocycles. The van der Waals surface area contributed by atoms with Crippen LogP contribution in [0.5, 0.6) is 0 Å². The molecule has 1 N–H and O–H groups in total. The lowest BCUT2D eigenvalue weighted by Crippen LogP contribution is -2.48. The van der Waals surface area contributed by atoms with E-state index in [2.05, 4.69) is 27.7 Å². The topological polar surface area (TPSA) is 44.8 Å². The smallest absolute Gasteiger partial charge is 0.239 e. The molecule has 5 nitrogen and oxygen atoms in total. The van der Waals surface area contributed by atoms with Gasteiger partial charge in [0.05, 0.1) is 25.3 Å². The van der Waals surface area contributed by atoms with Crippen LogP contribution in [0.4, 0.5) is 4.39 Å². The molecule has 1 amide bonds. The molecule has 0 spiro atoms. The van der Waals surface area contributed by atoms with E-state index in [1.807, 2.05) is 13.0 Å². The van der Waals surface area contributed by atoms with E-state index < -0.39 is 0 Å². The molecule has 2 heterocycles. The summed E-state index contributed by atoms with van der Waals surface area (Å²) in [5.74, 6) is -0.287. The molecule has 3 rings (SSSR count). The summed E-state index contributed by atoms with van der Waals surface area (Å²) in [6, 6.07) is 10.5. The number of nitrogens with one attached hydrogen (secondary N) is 1. The van der Waals surface area contributed by atoms with Crippen LogP contribution in [0.15, 0.2) is 41.8 Å². The summed E-state index contributed by atoms with van der Waals surface area (Å²) in [6.07, 6.45) is 0. The van der Waals surface area contributed by atoms with E-state index in [1.54, 1.807) is 29.4 Å². The van der Waals surface area contributed by atoms with Crippen molar-refractivity contribution in [2.45, 2.75) is 25.6 Å². The van der Waals surface area contributed by atoms with Gasteiger partial charge in [-0.25, -0.2) is 4.39 Å². The van der Waals surface area contributed by atoms with Gasteiger partial charge in [0.15, 0.2) is 0 Å². The lowest BCUT2D eigenvalue weighted by atomic mass is 10.1. The average molecular weight is 406 g/mol. The highest BCUT2D eigenvalue weighted by Crippen LogP contribution is 2.25. The van der Waals surface area contributed by atoms with Gasteiger partial charge in [-0.2, -0.15) is 0 Å². The molecule has 1 saturated heterocycles. The first-order chi connectivity index (χ1) is 13.5. The third-order valence-electron chi connectivity index (χ3n) is 5.03. The first-order valence-corrected chi connectivity index (χ1v) is 10.5. The van der Waals surface area contributed by atoms with Crippen molar-refractivity contribution in [2.24, 2.45) is 0 Å². The van der Waals surface area contributed by atoms with Gasteiger partial charge in [0.25, 0.3) is 0 Å². The summed E-state index contributed by atoms with van der Waals surface area (Å²) < 4.78 is 18.9. The highest BCUT2D eigenvalue weighted by molar-refractivity contribution is 7.10. The number of benzene rings is 1. The minimum absolute atomic E-state index is 0.00355. The van der Waals surface area contributed by atoms with Crippen molar-refractivity contribution in [3.63, 3.8) is 0 Å². The molecular formula is C21H28FN3O2S. The van der Waals surface area contributed by atoms with Gasteiger partial charge in [-0.1, -0.05) is 18.2 Å². The van der Waals surface area contributed by atoms with Crippen LogP contribution >= 0.6 is 11.3 Å². The lowest BCUT2D eigenvalue weighted by molar-refractivity contribution is -0.132. The molecule has 0 aliphatic carbocycles. The summed E-state index contributed by atoms with van der Waals surface area (Å²) in [5.41, 5.74) is 0.785. The Bertz CT molecular complexity index is 750. The Kier molecular flexibility index (Phi) is 7.56. The maximum atomic E-state index is 13.4. The molecule has 28 heavy (non-hydrogen) atoms. The molecule has 1 aliphatic rings. The number of thiophene rings is 1. The van der Waals surface area contributed by atoms with Crippen LogP contribution in [0.3, 0.4) is 0 Å². The summed E-state index contributed by atoms with van der Waals surface area (Å²) in [5, 5.41) is 5.49. The largest absolute Gasteiger partial charge is 0.379 e. The minimum atomic E-state index is -0.318. The fraction of sp³-hybridized carbons (Fsp3) is 0.476. The number of rotatable bonds is 8. The van der Waals surface area contributed by atoms with E-state index in [-0.39, 0.29) is 23.8 Å². The number of ether oxygens (including phenoxy) is 1. The monoisotopic (exact) mass is 405 g/mol. The maximum absolute atomic E-state index is 13.4. The molecule has 0 saturated carbocycles. The molecule has 1 fully saturated rings. The molecular weight excluding hydrogens is 377 g/mol. The fourth-order valence-electron chi connectivity index (χ4n) is 3.47. The Morgan fingerprint density at radius 1 is 1.32 bits per heavy atom. The summed E-state index contributed by atoms with van der Waals surface area (Å²) in [6.45, 7) is 6.24. The molecule has 1 aliphatic heterocycles. The highest BCUT2D eigenvalue weighted by atomic mass is 32.1. The minimum Gasteiger partial charge on any atom is -0.379 e. The van der Waals surface area contributed by atoms with Crippen LogP contribution in [-0.4, -0.2) is 61.6 Å². The second kappa shape index (κ2) is 10.1. The van der Waals surface area contributed by atoms with Gasteiger partial charge in [0.2, 0.25) is 5.91 Å². The van der Waals surface area contributed by atoms with Crippen molar-refractivity contribution in [3.05, 3.63) is 58.0 Å². The Labute approximate surface area is 170 Å². The standard InChI is InChI=1S/C21H28FN3O2S/c1-16(21(26)24(2)15-17-5-3-6-18(22)13-17)23-14-19(20-7-4-12-28-20)25-8-10-27-11-9-25/h3-7,12-13,16,19,23H,8-11,14-15H2,1-2H3. The average Bonchev–Trinajstić information content (AvgIpc) is 3.22. The molecule has 2 aromatic rings. The van der Waals surface area contributed by atoms with Crippen molar-refractivity contribution in [1.82, 2.24) is 15.1 Å². The maximum Gasteiger partial charge on any atom is 0.239 e. The number of amides is 1. The predicted molar refractivity (Wildman–Crippen MR) is 110 cm³/mol. The summed E-state index contributed by atoms with van der Waals surface area (Å²) in [7, 11) is 1.75. The molecule has 2 atom stereocenters. The van der Waals surface area contributed by atoms with Crippen LogP contribution in [0.2, 0.25) is 0 Å². The third kappa shape index (κ3) is 5.61. The second-order valence-electron chi connectivity index (χ2n) is 7.13. The first kappa shape index (κ1) is 20.9. The number of carbonyl (C=O) groups is 1. The normalized spacial score (nSPS) is 17.2. The van der Waals surface area contributed by atoms with Gasteiger partial charge in [-0.3, -0.25) is 9.69 Å². The van der Waals surface area contributed by atoms with Crippen LogP contribution in [0, 0.1) is 5.82 Å². The number of nitrogens with zero attached hydrogens (tertiary/aromatic N) is 2. The molecule has 2 unspecified atom stereocenters. The van der Waals surface area contributed by atoms with Crippen LogP contribution in [0.25, 0.3) is 0 Å². The zero-order valence-corrected chi connectivity index (χ0v) is 17.3. The van der Waals surface area contributed by atoms with Gasteiger partial charge in [-0.05, 0) is 36.1 Å². The van der Waals surface area contributed by atoms with Gasteiger partial charge in [0, 0.05) is 38.1 Å². The van der Waals surface area contributed by atoms with Crippen LogP contribution < -0.4 is 5.32 Å². The molecule has 0 radical (unpaired) electrons. The zero-order valence-electron chi connectivity index (χ0n) is 16.4. The Balaban J connectivity index is 1.57. The molecule has 152 valence electrons. The quantitative estimate of drug-likeness (QED) is 0.734. The van der Waals surface area contributed by atoms with Gasteiger partial charge >= 0.3 is 0 Å². The van der Waals surface area contributed by atoms with E-state index in [1.165, 1.54) is 17.0 Å². The van der Waals surface area contributed by atoms with E-state index in [4.69, 9.17) is 4.74 Å². The van der Waals surface area contributed by atoms with E-state index in [9.17, 15) is 9.18 Å². The van der Waals surface area contributed by atoms with Gasteiger partial charge in [0.1, 0.15) is 5.82 Å². The number of likely N-dealkylation sites (N-methyl/N-ethyl adjacent to an activating group) is 1. The van der Waals surface area contributed by atoms with E-state index >= 15 is 0 Å². The fourth-order valence-corrected chi connectivity index (χ4v) is 4.33. The molecule has 7 heteroatoms. The van der Waals surface area contributed by atoms with Crippen molar-refractivity contribution < 1.29 is 13.9 Å². The number of morpholine rings is 1. The predicted octanol–water partition coefficient (Wildman–Crippen LogP) is 2.90. The highest BCUT2D eigenvalue weighted by Gasteiger charge is 2.25. The lowest BCUT2D eigenvalue weighted by Gasteiger charge is -2.35. The molecule has 1 aromatic heterocycles. The van der Waals surface area contributed by atoms with Gasteiger partial charge in [-0.15, -0.1) is 11.3 Å². The van der Waals surface area contributed by atoms with Crippen molar-refractivity contribution >= 4 is 17.2 Å². The second-order valence-corrected chi connectivity index (χ2v) is 8.11. The zero-order chi connectivity index (χ0) is 19.9. The summed E-state index contributed by atoms with van der Waals surface area (Å²) >= 11 is 1.74. The summed E-state index contributed by atoms with van der Waals surface area (Å²) in [4.78, 5) is 18.1. The molecule has 0 bridgehead atoms. The Hall–Kier alpha value is -1.80. The number of hydrogen-bond acceptors (Lipinski definition) is 5. The number of carbonyl (C=O) groups excluding carboxylic acids is 1. The van der Waals surface area contributed by atoms with Crippen molar-refractivity contribution in [2.75, 3.05) is 39.9 Å². The first-order valence-electron chi connectivity index (χ1n) is 9.62. The van der Waals surface area contributed by atoms with Crippen LogP contribution in [-0.2, 0) is 16.1 Å². The Morgan fingerprint density at radius 3 is 2.79 bits per heavy atom. The van der Waals surface area contributed by atoms with E-state index in [0.717, 1.165) is 31.9 Å². The SMILES string of the molecule is CC(NCC(c1cccs1)N1CCOCC1)C(=O)N(C)Cc1cccc(F)c1. The van der Waals surface area contributed by atoms with Gasteiger partial charge < -0.3 is 15.0 Å². The third-order valence-corrected chi connectivity index (χ3v) is 6.00. The van der Waals surface area contributed by atoms with Crippen molar-refractivity contribution in [3.8, 4) is 0 Å². The number of halogens is 1. The van der Waals surface area contributed by atoms with Crippen molar-refractivity contribution in [1.29, 1.82) is 0 Å². The van der Waals surface area contributed by atoms with Crippen LogP contribution in [0.1, 0.15) is 23.4 Å². The van der Waals surface area contributed by atoms with E-state index in [0.29, 0.717) is 13.1 Å².